The lowest BCUT2D eigenvalue weighted by atomic mass is 9.60. The highest BCUT2D eigenvalue weighted by Gasteiger charge is 2.57. The zero-order valence-electron chi connectivity index (χ0n) is 22.6. The van der Waals surface area contributed by atoms with Gasteiger partial charge in [-0.2, -0.15) is 0 Å². The van der Waals surface area contributed by atoms with Crippen LogP contribution in [0.4, 0.5) is 0 Å². The second-order valence-electron chi connectivity index (χ2n) is 12.1. The van der Waals surface area contributed by atoms with Gasteiger partial charge in [0.15, 0.2) is 11.4 Å². The third kappa shape index (κ3) is 5.97. The maximum Gasteiger partial charge on any atom is 0.202 e. The fraction of sp³-hybridized carbons (Fsp3) is 0.621. The van der Waals surface area contributed by atoms with Crippen molar-refractivity contribution in [2.24, 2.45) is 17.3 Å². The monoisotopic (exact) mass is 519 g/mol. The van der Waals surface area contributed by atoms with Crippen LogP contribution in [-0.4, -0.2) is 75.5 Å². The van der Waals surface area contributed by atoms with Crippen LogP contribution in [0.25, 0.3) is 5.76 Å². The first-order valence-electron chi connectivity index (χ1n) is 13.1. The molecule has 3 atom stereocenters. The van der Waals surface area contributed by atoms with Gasteiger partial charge in [0, 0.05) is 27.4 Å². The minimum atomic E-state index is -2.52. The van der Waals surface area contributed by atoms with Gasteiger partial charge in [0.1, 0.15) is 17.3 Å². The molecule has 0 bridgehead atoms. The number of benzene rings is 1. The Balaban J connectivity index is 0.00000380. The molecule has 1 saturated carbocycles. The van der Waals surface area contributed by atoms with Crippen molar-refractivity contribution in [2.75, 3.05) is 27.2 Å². The Kier molecular flexibility index (Phi) is 8.67. The van der Waals surface area contributed by atoms with E-state index in [4.69, 9.17) is 0 Å². The molecule has 1 aromatic rings. The van der Waals surface area contributed by atoms with Crippen molar-refractivity contribution < 1.29 is 37.7 Å². The highest BCUT2D eigenvalue weighted by Crippen LogP contribution is 2.49. The predicted molar refractivity (Wildman–Crippen MR) is 144 cm³/mol. The van der Waals surface area contributed by atoms with Gasteiger partial charge in [-0.05, 0) is 81.3 Å². The predicted octanol–water partition coefficient (Wildman–Crippen LogP) is 3.49. The van der Waals surface area contributed by atoms with Gasteiger partial charge in [-0.15, -0.1) is 0 Å². The number of hydrogen-bond donors (Lipinski definition) is 4. The molecule has 0 saturated heterocycles. The number of Topliss-reactive ketones (excluding diaryl/α,β-unsaturated/α-hetero) is 3. The maximum atomic E-state index is 13.8. The van der Waals surface area contributed by atoms with Crippen LogP contribution >= 0.6 is 0 Å². The highest BCUT2D eigenvalue weighted by molar-refractivity contribution is 6.23. The summed E-state index contributed by atoms with van der Waals surface area (Å²) >= 11 is 0. The number of rotatable bonds is 10. The zero-order chi connectivity index (χ0) is 27.7. The van der Waals surface area contributed by atoms with E-state index in [1.165, 1.54) is 6.07 Å². The van der Waals surface area contributed by atoms with Gasteiger partial charge >= 0.3 is 0 Å². The van der Waals surface area contributed by atoms with E-state index < -0.39 is 41.2 Å². The number of aromatic hydroxyl groups is 1. The molecule has 0 aromatic heterocycles. The summed E-state index contributed by atoms with van der Waals surface area (Å²) in [6, 6.07) is 3.32. The average molecular weight is 520 g/mol. The molecule has 3 rings (SSSR count). The smallest absolute Gasteiger partial charge is 0.202 e. The van der Waals surface area contributed by atoms with Gasteiger partial charge in [0.25, 0.3) is 0 Å². The van der Waals surface area contributed by atoms with Gasteiger partial charge in [-0.25, -0.2) is 0 Å². The van der Waals surface area contributed by atoms with E-state index in [-0.39, 0.29) is 56.8 Å². The van der Waals surface area contributed by atoms with Crippen molar-refractivity contribution in [3.05, 3.63) is 34.4 Å². The van der Waals surface area contributed by atoms with Gasteiger partial charge in [-0.3, -0.25) is 14.4 Å². The molecule has 37 heavy (non-hydrogen) atoms. The molecule has 2 unspecified atom stereocenters. The minimum absolute atomic E-state index is 0. The summed E-state index contributed by atoms with van der Waals surface area (Å²) < 4.78 is 0. The Hall–Kier alpha value is -2.55. The van der Waals surface area contributed by atoms with Crippen LogP contribution in [-0.2, 0) is 27.2 Å². The molecule has 1 fully saturated rings. The van der Waals surface area contributed by atoms with E-state index in [1.54, 1.807) is 0 Å². The lowest BCUT2D eigenvalue weighted by molar-refractivity contribution is -0.160. The van der Waals surface area contributed by atoms with Crippen molar-refractivity contribution in [1.29, 1.82) is 0 Å². The maximum absolute atomic E-state index is 13.8. The number of carbonyl (C=O) groups excluding carboxylic acids is 3. The number of phenols is 1. The Bertz CT molecular complexity index is 1110. The summed E-state index contributed by atoms with van der Waals surface area (Å²) in [5.41, 5.74) is -1.06. The first-order chi connectivity index (χ1) is 17.2. The van der Waals surface area contributed by atoms with E-state index in [1.807, 2.05) is 40.9 Å². The lowest BCUT2D eigenvalue weighted by Gasteiger charge is -2.44. The first kappa shape index (κ1) is 29.0. The second-order valence-corrected chi connectivity index (χ2v) is 12.1. The summed E-state index contributed by atoms with van der Waals surface area (Å²) in [4.78, 5) is 41.7. The number of aryl methyl sites for hydroxylation is 1. The number of fused-ring (bicyclic) bond motifs is 2. The highest BCUT2D eigenvalue weighted by atomic mass is 16.3. The summed E-state index contributed by atoms with van der Waals surface area (Å²) in [7, 11) is 3.97. The van der Waals surface area contributed by atoms with Crippen LogP contribution in [0.3, 0.4) is 0 Å². The fourth-order valence-electron chi connectivity index (χ4n) is 5.88. The van der Waals surface area contributed by atoms with Crippen LogP contribution < -0.4 is 0 Å². The lowest BCUT2D eigenvalue weighted by Crippen LogP contribution is -2.59. The molecule has 0 spiro atoms. The Morgan fingerprint density at radius 3 is 2.46 bits per heavy atom. The summed E-state index contributed by atoms with van der Waals surface area (Å²) in [6.45, 7) is 6.11. The number of phenolic OH excluding ortho intramolecular Hbond substituents is 1. The molecule has 0 amide bonds. The summed E-state index contributed by atoms with van der Waals surface area (Å²) in [6.07, 6.45) is 1.67. The molecular formula is C29H45NO7. The van der Waals surface area contributed by atoms with Gasteiger partial charge in [-0.1, -0.05) is 26.8 Å². The number of aliphatic hydroxyl groups is 3. The second kappa shape index (κ2) is 11.1. The van der Waals surface area contributed by atoms with Gasteiger partial charge in [0.05, 0.1) is 12.0 Å². The molecule has 0 radical (unpaired) electrons. The zero-order valence-corrected chi connectivity index (χ0v) is 22.6. The standard InChI is InChI=1S/C29H41NO7.2H2/c1-28(2,3)16-20(32)15-23(34)29(37)19(10-12-31)13-18-14-21-17(7-6-11-30(4)5)8-9-22(33)25(21)26(35)24(18)27(29)36;;/h8-9,18-19,31,33,35,37H,6-7,10-16H2,1-5H3;2*1H/t18?,19?,29-;;/m1../s1. The quantitative estimate of drug-likeness (QED) is 0.345. The molecule has 4 N–H and O–H groups in total. The van der Waals surface area contributed by atoms with E-state index in [0.29, 0.717) is 6.42 Å². The number of carbonyl (C=O) groups is 3. The molecule has 0 aliphatic heterocycles. The third-order valence-corrected chi connectivity index (χ3v) is 7.53. The van der Waals surface area contributed by atoms with Crippen LogP contribution in [0.2, 0.25) is 0 Å². The van der Waals surface area contributed by atoms with Crippen molar-refractivity contribution in [3.8, 4) is 5.75 Å². The van der Waals surface area contributed by atoms with Crippen LogP contribution in [0.1, 0.15) is 72.4 Å². The van der Waals surface area contributed by atoms with Crippen molar-refractivity contribution in [1.82, 2.24) is 4.90 Å². The van der Waals surface area contributed by atoms with E-state index in [2.05, 4.69) is 4.90 Å². The molecule has 8 nitrogen and oxygen atoms in total. The largest absolute Gasteiger partial charge is 0.507 e. The van der Waals surface area contributed by atoms with E-state index in [9.17, 15) is 34.8 Å². The molecule has 2 aliphatic rings. The molecule has 208 valence electrons. The SMILES string of the molecule is CN(C)CCCc1ccc(O)c2c1CC1CC(CCO)[C@@](O)(C(=O)CC(=O)CC(C)(C)C)C(=O)C1=C2O.[HH].[HH]. The normalized spacial score (nSPS) is 23.7. The molecule has 2 aliphatic carbocycles. The van der Waals surface area contributed by atoms with E-state index in [0.717, 1.165) is 30.5 Å². The number of nitrogens with zero attached hydrogens (tertiary/aromatic N) is 1. The first-order valence-corrected chi connectivity index (χ1v) is 13.1. The molecule has 1 aromatic carbocycles. The Morgan fingerprint density at radius 1 is 1.19 bits per heavy atom. The van der Waals surface area contributed by atoms with Crippen molar-refractivity contribution in [3.63, 3.8) is 0 Å². The number of aliphatic hydroxyl groups excluding tert-OH is 2. The van der Waals surface area contributed by atoms with Crippen LogP contribution in [0, 0.1) is 17.3 Å². The van der Waals surface area contributed by atoms with Crippen molar-refractivity contribution in [2.45, 2.75) is 71.3 Å². The third-order valence-electron chi connectivity index (χ3n) is 7.53. The van der Waals surface area contributed by atoms with Gasteiger partial charge < -0.3 is 25.3 Å². The molecule has 8 heteroatoms. The van der Waals surface area contributed by atoms with Crippen LogP contribution in [0.15, 0.2) is 17.7 Å². The fourth-order valence-corrected chi connectivity index (χ4v) is 5.88. The summed E-state index contributed by atoms with van der Waals surface area (Å²) in [5, 5.41) is 43.1. The Labute approximate surface area is 222 Å². The van der Waals surface area contributed by atoms with Crippen LogP contribution in [0.5, 0.6) is 5.75 Å². The molecule has 0 heterocycles. The summed E-state index contributed by atoms with van der Waals surface area (Å²) in [5.74, 6) is -4.18. The van der Waals surface area contributed by atoms with Gasteiger partial charge in [0.2, 0.25) is 5.78 Å². The number of ketones is 3. The Morgan fingerprint density at radius 2 is 1.86 bits per heavy atom. The average Bonchev–Trinajstić information content (AvgIpc) is 2.77. The number of hydrogen-bond acceptors (Lipinski definition) is 8. The van der Waals surface area contributed by atoms with Crippen molar-refractivity contribution >= 4 is 23.1 Å². The minimum Gasteiger partial charge on any atom is -0.507 e. The van der Waals surface area contributed by atoms with E-state index >= 15 is 0 Å². The molecular weight excluding hydrogens is 474 g/mol. The topological polar surface area (TPSA) is 135 Å².